The van der Waals surface area contributed by atoms with E-state index in [-0.39, 0.29) is 6.61 Å². The molecule has 0 aliphatic heterocycles. The van der Waals surface area contributed by atoms with E-state index in [1.807, 2.05) is 48.0 Å². The van der Waals surface area contributed by atoms with Gasteiger partial charge in [-0.3, -0.25) is 0 Å². The van der Waals surface area contributed by atoms with Crippen LogP contribution >= 0.6 is 11.8 Å². The van der Waals surface area contributed by atoms with E-state index in [9.17, 15) is 0 Å². The Kier molecular flexibility index (Phi) is 4.79. The lowest BCUT2D eigenvalue weighted by molar-refractivity contribution is 0.282. The molecule has 3 aromatic rings. The highest BCUT2D eigenvalue weighted by Crippen LogP contribution is 2.26. The molecule has 118 valence electrons. The molecule has 0 amide bonds. The first-order valence-corrected chi connectivity index (χ1v) is 8.44. The number of aliphatic hydroxyl groups excluding tert-OH is 1. The summed E-state index contributed by atoms with van der Waals surface area (Å²) < 4.78 is 2.04. The summed E-state index contributed by atoms with van der Waals surface area (Å²) in [5.41, 5.74) is 4.44. The molecule has 1 aromatic heterocycles. The summed E-state index contributed by atoms with van der Waals surface area (Å²) in [5.74, 6) is 1.71. The Morgan fingerprint density at radius 1 is 1.00 bits per heavy atom. The lowest BCUT2D eigenvalue weighted by Gasteiger charge is -2.06. The molecule has 0 atom stereocenters. The zero-order valence-electron chi connectivity index (χ0n) is 13.2. The largest absolute Gasteiger partial charge is 0.392 e. The monoisotopic (exact) mass is 325 g/mol. The van der Waals surface area contributed by atoms with E-state index in [1.165, 1.54) is 11.1 Å². The smallest absolute Gasteiger partial charge is 0.191 e. The minimum absolute atomic E-state index is 0.0799. The Labute approximate surface area is 140 Å². The van der Waals surface area contributed by atoms with E-state index in [2.05, 4.69) is 29.3 Å². The van der Waals surface area contributed by atoms with Gasteiger partial charge in [0.2, 0.25) is 0 Å². The number of aryl methyl sites for hydroxylation is 1. The van der Waals surface area contributed by atoms with E-state index in [4.69, 9.17) is 5.11 Å². The standard InChI is InChI=1S/C18H19N3OS/c1-13-5-3-4-6-16(13)17-19-20-18(21(17)2)23-12-15-9-7-14(11-22)8-10-15/h3-10,22H,11-12H2,1-2H3. The van der Waals surface area contributed by atoms with E-state index in [0.717, 1.165) is 27.9 Å². The SMILES string of the molecule is Cc1ccccc1-c1nnc(SCc2ccc(CO)cc2)n1C. The summed E-state index contributed by atoms with van der Waals surface area (Å²) in [6.07, 6.45) is 0. The predicted molar refractivity (Wildman–Crippen MR) is 93.1 cm³/mol. The van der Waals surface area contributed by atoms with Gasteiger partial charge in [0.25, 0.3) is 0 Å². The first-order chi connectivity index (χ1) is 11.2. The van der Waals surface area contributed by atoms with Crippen molar-refractivity contribution in [3.05, 3.63) is 65.2 Å². The van der Waals surface area contributed by atoms with Crippen LogP contribution in [0.1, 0.15) is 16.7 Å². The molecule has 1 N–H and O–H groups in total. The molecule has 0 aliphatic rings. The van der Waals surface area contributed by atoms with Gasteiger partial charge in [-0.1, -0.05) is 60.3 Å². The summed E-state index contributed by atoms with van der Waals surface area (Å²) in [6.45, 7) is 2.16. The Balaban J connectivity index is 1.75. The van der Waals surface area contributed by atoms with Crippen LogP contribution in [-0.4, -0.2) is 19.9 Å². The molecular weight excluding hydrogens is 306 g/mol. The molecule has 2 aromatic carbocycles. The summed E-state index contributed by atoms with van der Waals surface area (Å²) in [4.78, 5) is 0. The molecule has 0 saturated carbocycles. The number of hydrogen-bond acceptors (Lipinski definition) is 4. The molecule has 4 nitrogen and oxygen atoms in total. The highest BCUT2D eigenvalue weighted by atomic mass is 32.2. The van der Waals surface area contributed by atoms with Gasteiger partial charge in [0.15, 0.2) is 11.0 Å². The van der Waals surface area contributed by atoms with Crippen LogP contribution < -0.4 is 0 Å². The van der Waals surface area contributed by atoms with Crippen LogP contribution in [0.4, 0.5) is 0 Å². The van der Waals surface area contributed by atoms with Crippen molar-refractivity contribution in [3.8, 4) is 11.4 Å². The molecule has 0 spiro atoms. The maximum atomic E-state index is 9.08. The molecule has 0 saturated heterocycles. The number of hydrogen-bond donors (Lipinski definition) is 1. The number of aliphatic hydroxyl groups is 1. The molecule has 0 unspecified atom stereocenters. The second-order valence-corrected chi connectivity index (χ2v) is 6.39. The van der Waals surface area contributed by atoms with Crippen LogP contribution in [0.25, 0.3) is 11.4 Å². The van der Waals surface area contributed by atoms with Gasteiger partial charge < -0.3 is 9.67 Å². The fraction of sp³-hybridized carbons (Fsp3) is 0.222. The number of benzene rings is 2. The minimum Gasteiger partial charge on any atom is -0.392 e. The van der Waals surface area contributed by atoms with Crippen molar-refractivity contribution in [1.82, 2.24) is 14.8 Å². The zero-order valence-corrected chi connectivity index (χ0v) is 14.0. The normalized spacial score (nSPS) is 10.9. The van der Waals surface area contributed by atoms with Crippen LogP contribution in [0.15, 0.2) is 53.7 Å². The van der Waals surface area contributed by atoms with Gasteiger partial charge in [-0.2, -0.15) is 0 Å². The molecule has 3 rings (SSSR count). The molecule has 0 bridgehead atoms. The summed E-state index contributed by atoms with van der Waals surface area (Å²) in [5, 5.41) is 18.6. The second-order valence-electron chi connectivity index (χ2n) is 5.44. The number of rotatable bonds is 5. The number of aromatic nitrogens is 3. The average molecular weight is 325 g/mol. The molecule has 1 heterocycles. The van der Waals surface area contributed by atoms with Crippen LogP contribution in [-0.2, 0) is 19.4 Å². The third-order valence-electron chi connectivity index (χ3n) is 3.79. The zero-order chi connectivity index (χ0) is 16.2. The van der Waals surface area contributed by atoms with Crippen LogP contribution in [0, 0.1) is 6.92 Å². The molecule has 0 fully saturated rings. The molecule has 0 aliphatic carbocycles. The average Bonchev–Trinajstić information content (AvgIpc) is 2.94. The number of nitrogens with zero attached hydrogens (tertiary/aromatic N) is 3. The molecule has 0 radical (unpaired) electrons. The first-order valence-electron chi connectivity index (χ1n) is 7.46. The van der Waals surface area contributed by atoms with Gasteiger partial charge in [-0.15, -0.1) is 10.2 Å². The van der Waals surface area contributed by atoms with Crippen LogP contribution in [0.3, 0.4) is 0 Å². The number of thioether (sulfide) groups is 1. The van der Waals surface area contributed by atoms with E-state index < -0.39 is 0 Å². The van der Waals surface area contributed by atoms with Crippen LogP contribution in [0.2, 0.25) is 0 Å². The van der Waals surface area contributed by atoms with Crippen molar-refractivity contribution in [2.24, 2.45) is 7.05 Å². The summed E-state index contributed by atoms with van der Waals surface area (Å²) in [7, 11) is 2.00. The Bertz CT molecular complexity index is 796. The van der Waals surface area contributed by atoms with Gasteiger partial charge >= 0.3 is 0 Å². The quantitative estimate of drug-likeness (QED) is 0.729. The topological polar surface area (TPSA) is 50.9 Å². The third-order valence-corrected chi connectivity index (χ3v) is 4.89. The Hall–Kier alpha value is -2.11. The lowest BCUT2D eigenvalue weighted by atomic mass is 10.1. The predicted octanol–water partition coefficient (Wildman–Crippen LogP) is 3.58. The van der Waals surface area contributed by atoms with Crippen molar-refractivity contribution < 1.29 is 5.11 Å². The van der Waals surface area contributed by atoms with Gasteiger partial charge in [-0.05, 0) is 23.6 Å². The molecule has 23 heavy (non-hydrogen) atoms. The van der Waals surface area contributed by atoms with E-state index in [0.29, 0.717) is 0 Å². The third kappa shape index (κ3) is 3.46. The van der Waals surface area contributed by atoms with Crippen molar-refractivity contribution in [2.45, 2.75) is 24.4 Å². The van der Waals surface area contributed by atoms with Gasteiger partial charge in [-0.25, -0.2) is 0 Å². The summed E-state index contributed by atoms with van der Waals surface area (Å²) >= 11 is 1.66. The first kappa shape index (κ1) is 15.8. The fourth-order valence-corrected chi connectivity index (χ4v) is 3.25. The van der Waals surface area contributed by atoms with Crippen LogP contribution in [0.5, 0.6) is 0 Å². The van der Waals surface area contributed by atoms with Crippen molar-refractivity contribution >= 4 is 11.8 Å². The Morgan fingerprint density at radius 3 is 2.39 bits per heavy atom. The van der Waals surface area contributed by atoms with Gasteiger partial charge in [0.05, 0.1) is 6.61 Å². The molecule has 5 heteroatoms. The fourth-order valence-electron chi connectivity index (χ4n) is 2.39. The second kappa shape index (κ2) is 6.98. The van der Waals surface area contributed by atoms with E-state index >= 15 is 0 Å². The van der Waals surface area contributed by atoms with E-state index in [1.54, 1.807) is 11.8 Å². The van der Waals surface area contributed by atoms with Gasteiger partial charge in [0.1, 0.15) is 0 Å². The highest BCUT2D eigenvalue weighted by molar-refractivity contribution is 7.98. The van der Waals surface area contributed by atoms with Crippen molar-refractivity contribution in [3.63, 3.8) is 0 Å². The lowest BCUT2D eigenvalue weighted by Crippen LogP contribution is -1.96. The summed E-state index contributed by atoms with van der Waals surface area (Å²) in [6, 6.07) is 16.2. The minimum atomic E-state index is 0.0799. The maximum absolute atomic E-state index is 9.08. The maximum Gasteiger partial charge on any atom is 0.191 e. The van der Waals surface area contributed by atoms with Crippen molar-refractivity contribution in [2.75, 3.05) is 0 Å². The molecular formula is C18H19N3OS. The Morgan fingerprint density at radius 2 is 1.70 bits per heavy atom. The highest BCUT2D eigenvalue weighted by Gasteiger charge is 2.12. The van der Waals surface area contributed by atoms with Crippen molar-refractivity contribution in [1.29, 1.82) is 0 Å². The van der Waals surface area contributed by atoms with Gasteiger partial charge in [0, 0.05) is 18.4 Å².